The lowest BCUT2D eigenvalue weighted by Gasteiger charge is -2.16. The van der Waals surface area contributed by atoms with Gasteiger partial charge in [-0.2, -0.15) is 0 Å². The largest absolute Gasteiger partial charge is 0.322 e. The highest BCUT2D eigenvalue weighted by molar-refractivity contribution is 6.30. The van der Waals surface area contributed by atoms with Crippen molar-refractivity contribution in [1.82, 2.24) is 14.5 Å². The lowest BCUT2D eigenvalue weighted by Crippen LogP contribution is -2.21. The standard InChI is InChI=1S/C19H20ClN3/c20-16-9-7-15(8-10-16)13-23-18-6-2-1-5-17(18)21-19(23)14-22-11-3-4-12-22/h1-2,5-10H,3-4,11-14H2/i3D2,4D2,7D,8D,9D,10D,11D2,12D2. The summed E-state index contributed by atoms with van der Waals surface area (Å²) in [4.78, 5) is 4.87. The van der Waals surface area contributed by atoms with Crippen LogP contribution in [0.3, 0.4) is 0 Å². The molecule has 0 spiro atoms. The Hall–Kier alpha value is -1.84. The molecule has 0 bridgehead atoms. The van der Waals surface area contributed by atoms with Crippen LogP contribution in [0.25, 0.3) is 11.0 Å². The number of hydrogen-bond donors (Lipinski definition) is 0. The summed E-state index contributed by atoms with van der Waals surface area (Å²) in [6.45, 7) is -6.98. The summed E-state index contributed by atoms with van der Waals surface area (Å²) in [6.07, 6.45) is -6.39. The van der Waals surface area contributed by atoms with E-state index in [9.17, 15) is 0 Å². The first kappa shape index (κ1) is 6.58. The molecule has 3 nitrogen and oxygen atoms in total. The van der Waals surface area contributed by atoms with Gasteiger partial charge in [0.2, 0.25) is 0 Å². The molecule has 0 unspecified atom stereocenters. The number of benzene rings is 2. The third-order valence-electron chi connectivity index (χ3n) is 3.44. The fourth-order valence-corrected chi connectivity index (χ4v) is 2.52. The Morgan fingerprint density at radius 3 is 2.61 bits per heavy atom. The fraction of sp³-hybridized carbons (Fsp3) is 0.316. The van der Waals surface area contributed by atoms with Gasteiger partial charge in [0.25, 0.3) is 0 Å². The average molecular weight is 338 g/mol. The first-order chi connectivity index (χ1) is 16.0. The van der Waals surface area contributed by atoms with Gasteiger partial charge in [0, 0.05) is 22.5 Å². The van der Waals surface area contributed by atoms with Gasteiger partial charge < -0.3 is 4.57 Å². The summed E-state index contributed by atoms with van der Waals surface area (Å²) in [5.74, 6) is 0.0271. The van der Waals surface area contributed by atoms with Gasteiger partial charge >= 0.3 is 0 Å². The molecule has 3 aromatic rings. The zero-order valence-corrected chi connectivity index (χ0v) is 12.7. The van der Waals surface area contributed by atoms with Gasteiger partial charge in [-0.3, -0.25) is 4.90 Å². The minimum atomic E-state index is -3.19. The van der Waals surface area contributed by atoms with Crippen molar-refractivity contribution < 1.29 is 16.4 Å². The Kier molecular flexibility index (Phi) is 1.81. The number of rotatable bonds is 4. The number of nitrogens with zero attached hydrogens (tertiary/aromatic N) is 3. The zero-order valence-electron chi connectivity index (χ0n) is 23.9. The van der Waals surface area contributed by atoms with E-state index in [1.165, 1.54) is 4.57 Å². The van der Waals surface area contributed by atoms with Gasteiger partial charge in [0.05, 0.1) is 23.1 Å². The van der Waals surface area contributed by atoms with Crippen LogP contribution in [-0.4, -0.2) is 27.4 Å². The molecule has 23 heavy (non-hydrogen) atoms. The Bertz CT molecular complexity index is 1280. The van der Waals surface area contributed by atoms with Crippen molar-refractivity contribution in [3.8, 4) is 0 Å². The van der Waals surface area contributed by atoms with Crippen molar-refractivity contribution in [1.29, 1.82) is 0 Å². The van der Waals surface area contributed by atoms with E-state index >= 15 is 0 Å². The second kappa shape index (κ2) is 6.34. The van der Waals surface area contributed by atoms with Crippen molar-refractivity contribution >= 4 is 22.6 Å². The van der Waals surface area contributed by atoms with Crippen molar-refractivity contribution in [2.24, 2.45) is 0 Å². The van der Waals surface area contributed by atoms with Crippen LogP contribution in [0.4, 0.5) is 0 Å². The minimum Gasteiger partial charge on any atom is -0.322 e. The first-order valence-electron chi connectivity index (χ1n) is 12.9. The maximum absolute atomic E-state index is 8.27. The third kappa shape index (κ3) is 3.12. The smallest absolute Gasteiger partial charge is 0.124 e. The lowest BCUT2D eigenvalue weighted by atomic mass is 10.2. The van der Waals surface area contributed by atoms with Crippen molar-refractivity contribution in [3.05, 3.63) is 64.8 Å². The maximum atomic E-state index is 8.27. The van der Waals surface area contributed by atoms with E-state index in [0.29, 0.717) is 15.9 Å². The molecule has 0 N–H and O–H groups in total. The van der Waals surface area contributed by atoms with Crippen LogP contribution in [0, 0.1) is 0 Å². The summed E-state index contributed by atoms with van der Waals surface area (Å²) < 4.78 is 99.1. The lowest BCUT2D eigenvalue weighted by molar-refractivity contribution is 0.318. The predicted molar refractivity (Wildman–Crippen MR) is 94.8 cm³/mol. The second-order valence-corrected chi connectivity index (χ2v) is 5.33. The fourth-order valence-electron chi connectivity index (χ4n) is 2.42. The Morgan fingerprint density at radius 1 is 1.09 bits per heavy atom. The third-order valence-corrected chi connectivity index (χ3v) is 3.63. The van der Waals surface area contributed by atoms with Gasteiger partial charge in [-0.05, 0) is 55.5 Å². The number of halogens is 1. The van der Waals surface area contributed by atoms with E-state index < -0.39 is 44.4 Å². The molecular weight excluding hydrogens is 306 g/mol. The molecule has 1 fully saturated rings. The minimum absolute atomic E-state index is 0.0214. The van der Waals surface area contributed by atoms with Crippen LogP contribution in [0.2, 0.25) is 5.02 Å². The van der Waals surface area contributed by atoms with E-state index in [0.717, 1.165) is 0 Å². The number of likely N-dealkylation sites (tertiary alicyclic amines) is 1. The summed E-state index contributed by atoms with van der Waals surface area (Å²) in [5, 5.41) is -0.331. The molecular formula is C19H20ClN3. The van der Waals surface area contributed by atoms with Crippen LogP contribution in [-0.2, 0) is 13.1 Å². The summed E-state index contributed by atoms with van der Waals surface area (Å²) in [6, 6.07) is 5.06. The van der Waals surface area contributed by atoms with Crippen LogP contribution in [0.1, 0.15) is 40.6 Å². The monoisotopic (exact) mass is 337 g/mol. The number of para-hydroxylation sites is 2. The topological polar surface area (TPSA) is 21.1 Å². The molecule has 0 amide bonds. The highest BCUT2D eigenvalue weighted by atomic mass is 35.5. The summed E-state index contributed by atoms with van der Waals surface area (Å²) >= 11 is 5.90. The Labute approximate surface area is 158 Å². The maximum Gasteiger partial charge on any atom is 0.124 e. The molecule has 2 aromatic carbocycles. The average Bonchev–Trinajstić information content (AvgIpc) is 3.16. The van der Waals surface area contributed by atoms with Crippen molar-refractivity contribution in [2.45, 2.75) is 25.8 Å². The van der Waals surface area contributed by atoms with E-state index in [2.05, 4.69) is 4.98 Å². The summed E-state index contributed by atoms with van der Waals surface area (Å²) in [7, 11) is 0. The van der Waals surface area contributed by atoms with Gasteiger partial charge in [-0.25, -0.2) is 4.98 Å². The quantitative estimate of drug-likeness (QED) is 0.706. The zero-order chi connectivity index (χ0) is 26.3. The predicted octanol–water partition coefficient (Wildman–Crippen LogP) is 4.33. The molecule has 0 saturated carbocycles. The number of aromatic nitrogens is 2. The normalized spacial score (nSPS) is 31.9. The summed E-state index contributed by atoms with van der Waals surface area (Å²) in [5.41, 5.74) is 0.866. The second-order valence-electron chi connectivity index (χ2n) is 4.96. The van der Waals surface area contributed by atoms with E-state index in [1.807, 2.05) is 0 Å². The van der Waals surface area contributed by atoms with Crippen molar-refractivity contribution in [2.75, 3.05) is 13.0 Å². The molecule has 4 heteroatoms. The van der Waals surface area contributed by atoms with Crippen LogP contribution in [0.5, 0.6) is 0 Å². The van der Waals surface area contributed by atoms with Crippen LogP contribution >= 0.6 is 11.6 Å². The van der Waals surface area contributed by atoms with E-state index in [-0.39, 0.29) is 35.0 Å². The Morgan fingerprint density at radius 2 is 1.83 bits per heavy atom. The molecule has 1 aliphatic heterocycles. The van der Waals surface area contributed by atoms with Crippen LogP contribution in [0.15, 0.2) is 48.4 Å². The van der Waals surface area contributed by atoms with E-state index in [1.54, 1.807) is 24.3 Å². The highest BCUT2D eigenvalue weighted by Crippen LogP contribution is 2.21. The SMILES string of the molecule is [2H]c1c([2H])c(Cn2c(CN3C([2H])([2H])C([2H])([2H])C([2H])([2H])C3([2H])[2H])nc3ccccc32)c([2H])c([2H])c1Cl. The highest BCUT2D eigenvalue weighted by Gasteiger charge is 2.17. The molecule has 0 radical (unpaired) electrons. The number of hydrogen-bond acceptors (Lipinski definition) is 2. The van der Waals surface area contributed by atoms with Gasteiger partial charge in [0.1, 0.15) is 5.82 Å². The molecule has 118 valence electrons. The molecule has 2 heterocycles. The van der Waals surface area contributed by atoms with Gasteiger partial charge in [0.15, 0.2) is 0 Å². The number of fused-ring (bicyclic) bond motifs is 1. The van der Waals surface area contributed by atoms with Crippen molar-refractivity contribution in [3.63, 3.8) is 0 Å². The van der Waals surface area contributed by atoms with Crippen LogP contribution < -0.4 is 0 Å². The molecule has 1 aliphatic rings. The molecule has 4 rings (SSSR count). The molecule has 1 aromatic heterocycles. The first-order valence-corrected chi connectivity index (χ1v) is 7.33. The van der Waals surface area contributed by atoms with Gasteiger partial charge in [-0.15, -0.1) is 0 Å². The molecule has 0 aliphatic carbocycles. The molecule has 0 atom stereocenters. The number of imidazole rings is 1. The van der Waals surface area contributed by atoms with Gasteiger partial charge in [-0.1, -0.05) is 35.8 Å². The Balaban J connectivity index is 1.89. The molecule has 1 saturated heterocycles. The van der Waals surface area contributed by atoms with E-state index in [4.69, 9.17) is 28.1 Å².